The first-order valence-electron chi connectivity index (χ1n) is 7.55. The first-order valence-corrected chi connectivity index (χ1v) is 8.34. The molecular formula is C14H14ClN7O2S. The standard InChI is InChI=1S/C14H14ClN7O2S/c15-8-4-2-1-3-7(8)12-18-20-21-22(12)10-5-9(17-19-14(16)25)13-23-6-11(10)24-13/h1-4,10-11,13H,5-6H2,(H3,16,19,25)/b17-9-. The molecule has 1 aromatic heterocycles. The van der Waals surface area contributed by atoms with E-state index >= 15 is 0 Å². The molecule has 4 rings (SSSR count). The quantitative estimate of drug-likeness (QED) is 0.596. The van der Waals surface area contributed by atoms with Crippen LogP contribution in [0.2, 0.25) is 5.02 Å². The molecule has 3 N–H and O–H groups in total. The maximum Gasteiger partial charge on any atom is 0.199 e. The fourth-order valence-corrected chi connectivity index (χ4v) is 3.21. The number of halogens is 1. The molecule has 0 amide bonds. The fraction of sp³-hybridized carbons (Fsp3) is 0.357. The number of nitrogens with zero attached hydrogens (tertiary/aromatic N) is 5. The van der Waals surface area contributed by atoms with Crippen LogP contribution >= 0.6 is 23.8 Å². The summed E-state index contributed by atoms with van der Waals surface area (Å²) in [5, 5.41) is 16.9. The second-order valence-corrected chi connectivity index (χ2v) is 6.46. The van der Waals surface area contributed by atoms with Crippen molar-refractivity contribution in [2.24, 2.45) is 10.8 Å². The van der Waals surface area contributed by atoms with Gasteiger partial charge in [0.2, 0.25) is 0 Å². The Balaban J connectivity index is 1.68. The molecule has 2 aromatic rings. The van der Waals surface area contributed by atoms with E-state index in [-0.39, 0.29) is 17.3 Å². The van der Waals surface area contributed by atoms with Crippen molar-refractivity contribution in [3.63, 3.8) is 0 Å². The third-order valence-electron chi connectivity index (χ3n) is 4.06. The Hall–Kier alpha value is -2.14. The summed E-state index contributed by atoms with van der Waals surface area (Å²) in [6.45, 7) is 0.420. The largest absolute Gasteiger partial charge is 0.375 e. The van der Waals surface area contributed by atoms with Crippen LogP contribution in [0.25, 0.3) is 11.4 Å². The lowest BCUT2D eigenvalue weighted by molar-refractivity contribution is -0.0320. The van der Waals surface area contributed by atoms with Gasteiger partial charge >= 0.3 is 0 Å². The zero-order valence-corrected chi connectivity index (χ0v) is 14.4. The van der Waals surface area contributed by atoms with Crippen molar-refractivity contribution in [2.75, 3.05) is 6.61 Å². The summed E-state index contributed by atoms with van der Waals surface area (Å²) in [6, 6.07) is 7.20. The number of fused-ring (bicyclic) bond motifs is 2. The molecular weight excluding hydrogens is 366 g/mol. The number of tetrazole rings is 1. The molecule has 25 heavy (non-hydrogen) atoms. The van der Waals surface area contributed by atoms with E-state index in [2.05, 4.69) is 26.1 Å². The van der Waals surface area contributed by atoms with Crippen molar-refractivity contribution in [1.29, 1.82) is 0 Å². The molecule has 0 aliphatic carbocycles. The highest BCUT2D eigenvalue weighted by atomic mass is 35.5. The monoisotopic (exact) mass is 379 g/mol. The Bertz CT molecular complexity index is 842. The Kier molecular flexibility index (Phi) is 4.34. The Morgan fingerprint density at radius 2 is 2.28 bits per heavy atom. The number of hydrogen-bond donors (Lipinski definition) is 2. The van der Waals surface area contributed by atoms with Crippen LogP contribution in [0.3, 0.4) is 0 Å². The minimum Gasteiger partial charge on any atom is -0.375 e. The van der Waals surface area contributed by atoms with Crippen LogP contribution in [0.5, 0.6) is 0 Å². The number of nitrogens with two attached hydrogens (primary N) is 1. The number of hydrogen-bond acceptors (Lipinski definition) is 7. The van der Waals surface area contributed by atoms with Crippen LogP contribution in [0.15, 0.2) is 29.4 Å². The average molecular weight is 380 g/mol. The normalized spacial score (nSPS) is 26.8. The van der Waals surface area contributed by atoms with E-state index in [1.165, 1.54) is 0 Å². The predicted molar refractivity (Wildman–Crippen MR) is 93.9 cm³/mol. The van der Waals surface area contributed by atoms with E-state index in [0.29, 0.717) is 29.6 Å². The number of rotatable bonds is 3. The van der Waals surface area contributed by atoms with E-state index < -0.39 is 6.29 Å². The molecule has 0 saturated carbocycles. The van der Waals surface area contributed by atoms with Crippen molar-refractivity contribution in [1.82, 2.24) is 25.6 Å². The van der Waals surface area contributed by atoms with E-state index in [1.54, 1.807) is 10.7 Å². The molecule has 2 bridgehead atoms. The highest BCUT2D eigenvalue weighted by molar-refractivity contribution is 7.80. The molecule has 130 valence electrons. The molecule has 0 radical (unpaired) electrons. The lowest BCUT2D eigenvalue weighted by Crippen LogP contribution is -2.39. The highest BCUT2D eigenvalue weighted by Crippen LogP contribution is 2.36. The van der Waals surface area contributed by atoms with Crippen molar-refractivity contribution in [3.05, 3.63) is 29.3 Å². The second-order valence-electron chi connectivity index (χ2n) is 5.62. The van der Waals surface area contributed by atoms with Crippen LogP contribution in [-0.2, 0) is 9.47 Å². The van der Waals surface area contributed by atoms with Crippen molar-refractivity contribution in [2.45, 2.75) is 24.9 Å². The third kappa shape index (κ3) is 3.09. The van der Waals surface area contributed by atoms with Crippen LogP contribution in [0.4, 0.5) is 0 Å². The number of ether oxygens (including phenoxy) is 2. The second kappa shape index (κ2) is 6.64. The summed E-state index contributed by atoms with van der Waals surface area (Å²) in [7, 11) is 0. The molecule has 0 spiro atoms. The van der Waals surface area contributed by atoms with Crippen LogP contribution in [0.1, 0.15) is 12.5 Å². The van der Waals surface area contributed by atoms with Crippen molar-refractivity contribution >= 4 is 34.6 Å². The molecule has 2 aliphatic rings. The van der Waals surface area contributed by atoms with Gasteiger partial charge in [-0.3, -0.25) is 5.43 Å². The average Bonchev–Trinajstić information content (AvgIpc) is 3.23. The van der Waals surface area contributed by atoms with Gasteiger partial charge in [0, 0.05) is 12.0 Å². The Morgan fingerprint density at radius 3 is 3.08 bits per heavy atom. The SMILES string of the molecule is NC(=S)N/N=C1/CC(n2nnnc2-c2ccccc2Cl)C2COC1O2. The smallest absolute Gasteiger partial charge is 0.199 e. The van der Waals surface area contributed by atoms with Crippen LogP contribution in [0, 0.1) is 0 Å². The van der Waals surface area contributed by atoms with Gasteiger partial charge in [0.05, 0.1) is 23.4 Å². The first kappa shape index (κ1) is 16.3. The topological polar surface area (TPSA) is 112 Å². The minimum atomic E-state index is -0.511. The number of hydrazone groups is 1. The van der Waals surface area contributed by atoms with Gasteiger partial charge < -0.3 is 15.2 Å². The van der Waals surface area contributed by atoms with Gasteiger partial charge in [0.25, 0.3) is 0 Å². The zero-order chi connectivity index (χ0) is 17.4. The number of benzene rings is 1. The maximum atomic E-state index is 6.29. The van der Waals surface area contributed by atoms with Crippen LogP contribution in [-0.4, -0.2) is 50.0 Å². The lowest BCUT2D eigenvalue weighted by Gasteiger charge is -2.28. The van der Waals surface area contributed by atoms with E-state index in [1.807, 2.05) is 18.2 Å². The van der Waals surface area contributed by atoms with Crippen molar-refractivity contribution in [3.8, 4) is 11.4 Å². The summed E-state index contributed by atoms with van der Waals surface area (Å²) in [5.41, 5.74) is 9.40. The third-order valence-corrected chi connectivity index (χ3v) is 4.48. The van der Waals surface area contributed by atoms with Gasteiger partial charge in [-0.05, 0) is 34.8 Å². The summed E-state index contributed by atoms with van der Waals surface area (Å²) < 4.78 is 13.2. The molecule has 3 heterocycles. The number of aromatic nitrogens is 4. The molecule has 2 saturated heterocycles. The fourth-order valence-electron chi connectivity index (χ4n) is 2.94. The van der Waals surface area contributed by atoms with Gasteiger partial charge in [-0.2, -0.15) is 5.10 Å². The van der Waals surface area contributed by atoms with Gasteiger partial charge in [-0.15, -0.1) is 5.10 Å². The molecule has 2 fully saturated rings. The molecule has 2 aliphatic heterocycles. The molecule has 3 atom stereocenters. The van der Waals surface area contributed by atoms with Crippen molar-refractivity contribution < 1.29 is 9.47 Å². The summed E-state index contributed by atoms with van der Waals surface area (Å²) in [5.74, 6) is 0.561. The molecule has 11 heteroatoms. The highest BCUT2D eigenvalue weighted by Gasteiger charge is 2.44. The molecule has 9 nitrogen and oxygen atoms in total. The summed E-state index contributed by atoms with van der Waals surface area (Å²) in [4.78, 5) is 0. The molecule has 3 unspecified atom stereocenters. The summed E-state index contributed by atoms with van der Waals surface area (Å²) >= 11 is 11.1. The minimum absolute atomic E-state index is 0.0725. The number of thiocarbonyl (C=S) groups is 1. The Labute approximate surface area is 153 Å². The number of nitrogens with one attached hydrogen (secondary N) is 1. The van der Waals surface area contributed by atoms with E-state index in [4.69, 9.17) is 39.0 Å². The van der Waals surface area contributed by atoms with Gasteiger partial charge in [-0.25, -0.2) is 4.68 Å². The summed E-state index contributed by atoms with van der Waals surface area (Å²) in [6.07, 6.45) is -0.158. The van der Waals surface area contributed by atoms with Gasteiger partial charge in [0.15, 0.2) is 17.2 Å². The maximum absolute atomic E-state index is 6.29. The first-order chi connectivity index (χ1) is 12.1. The zero-order valence-electron chi connectivity index (χ0n) is 12.9. The Morgan fingerprint density at radius 1 is 1.44 bits per heavy atom. The van der Waals surface area contributed by atoms with E-state index in [9.17, 15) is 0 Å². The molecule has 1 aromatic carbocycles. The van der Waals surface area contributed by atoms with E-state index in [0.717, 1.165) is 5.56 Å². The predicted octanol–water partition coefficient (Wildman–Crippen LogP) is 0.869. The lowest BCUT2D eigenvalue weighted by atomic mass is 10.0. The van der Waals surface area contributed by atoms with Gasteiger partial charge in [0.1, 0.15) is 6.10 Å². The van der Waals surface area contributed by atoms with Crippen LogP contribution < -0.4 is 11.2 Å². The van der Waals surface area contributed by atoms with Gasteiger partial charge in [-0.1, -0.05) is 23.7 Å².